The van der Waals surface area contributed by atoms with Crippen molar-refractivity contribution in [1.29, 1.82) is 0 Å². The number of fused-ring (bicyclic) bond motifs is 4. The number of nitrogens with one attached hydrogen (secondary N) is 1. The Labute approximate surface area is 160 Å². The van der Waals surface area contributed by atoms with Crippen LogP contribution in [0, 0.1) is 5.92 Å². The monoisotopic (exact) mass is 396 g/mol. The summed E-state index contributed by atoms with van der Waals surface area (Å²) in [4.78, 5) is 20.4. The van der Waals surface area contributed by atoms with Crippen molar-refractivity contribution in [2.24, 2.45) is 5.92 Å². The number of amides is 1. The zero-order valence-electron chi connectivity index (χ0n) is 15.6. The summed E-state index contributed by atoms with van der Waals surface area (Å²) in [5, 5.41) is 3.09. The Kier molecular flexibility index (Phi) is 4.95. The maximum absolute atomic E-state index is 12.9. The molecule has 2 bridgehead atoms. The molecular weight excluding hydrogens is 373 g/mol. The first-order chi connectivity index (χ1) is 13.3. The third-order valence-electron chi connectivity index (χ3n) is 5.65. The van der Waals surface area contributed by atoms with E-state index in [1.807, 2.05) is 0 Å². The largest absolute Gasteiger partial charge is 0.423 e. The first-order valence-corrected chi connectivity index (χ1v) is 9.58. The quantitative estimate of drug-likeness (QED) is 0.842. The van der Waals surface area contributed by atoms with Crippen LogP contribution in [0.15, 0.2) is 22.6 Å². The average molecular weight is 396 g/mol. The first kappa shape index (κ1) is 19.0. The van der Waals surface area contributed by atoms with Crippen LogP contribution in [-0.2, 0) is 0 Å². The fourth-order valence-corrected chi connectivity index (χ4v) is 4.16. The molecule has 3 aliphatic heterocycles. The number of nitrogens with zero attached hydrogens (tertiary/aromatic N) is 3. The van der Waals surface area contributed by atoms with Crippen molar-refractivity contribution in [2.45, 2.75) is 32.0 Å². The third kappa shape index (κ3) is 3.80. The van der Waals surface area contributed by atoms with Gasteiger partial charge in [-0.2, -0.15) is 18.2 Å². The van der Waals surface area contributed by atoms with Crippen molar-refractivity contribution >= 4 is 23.0 Å². The molecule has 1 atom stereocenters. The average Bonchev–Trinajstić information content (AvgIpc) is 3.10. The van der Waals surface area contributed by atoms with Crippen LogP contribution < -0.4 is 10.2 Å². The van der Waals surface area contributed by atoms with Gasteiger partial charge in [-0.15, -0.1) is 0 Å². The SMILES string of the molecule is CCN(CC(F)(F)F)c1nc2c(C(=O)N[C@@H]3CN4CCC3CC4)cccc2o1. The summed E-state index contributed by atoms with van der Waals surface area (Å²) in [6.45, 7) is 3.52. The molecule has 3 saturated heterocycles. The Hall–Kier alpha value is -2.29. The summed E-state index contributed by atoms with van der Waals surface area (Å²) in [5.41, 5.74) is 0.918. The van der Waals surface area contributed by atoms with Gasteiger partial charge in [-0.25, -0.2) is 0 Å². The highest BCUT2D eigenvalue weighted by Gasteiger charge is 2.36. The summed E-state index contributed by atoms with van der Waals surface area (Å²) in [6, 6.07) is 4.86. The van der Waals surface area contributed by atoms with Crippen LogP contribution in [0.2, 0.25) is 0 Å². The minimum absolute atomic E-state index is 0.0907. The second-order valence-corrected chi connectivity index (χ2v) is 7.50. The highest BCUT2D eigenvalue weighted by atomic mass is 19.4. The van der Waals surface area contributed by atoms with Crippen molar-refractivity contribution < 1.29 is 22.4 Å². The van der Waals surface area contributed by atoms with Gasteiger partial charge in [0.2, 0.25) is 0 Å². The van der Waals surface area contributed by atoms with E-state index in [1.54, 1.807) is 25.1 Å². The number of anilines is 1. The molecule has 1 amide bonds. The summed E-state index contributed by atoms with van der Waals surface area (Å²) in [7, 11) is 0. The predicted molar refractivity (Wildman–Crippen MR) is 98.4 cm³/mol. The number of hydrogen-bond donors (Lipinski definition) is 1. The van der Waals surface area contributed by atoms with Crippen LogP contribution in [0.25, 0.3) is 11.1 Å². The topological polar surface area (TPSA) is 61.6 Å². The minimum Gasteiger partial charge on any atom is -0.423 e. The van der Waals surface area contributed by atoms with Gasteiger partial charge in [0.05, 0.1) is 5.56 Å². The molecule has 0 radical (unpaired) electrons. The van der Waals surface area contributed by atoms with E-state index in [9.17, 15) is 18.0 Å². The number of carbonyl (C=O) groups is 1. The number of piperidine rings is 3. The Bertz CT molecular complexity index is 858. The number of oxazole rings is 1. The van der Waals surface area contributed by atoms with Gasteiger partial charge in [0, 0.05) is 19.1 Å². The number of halogens is 3. The molecule has 0 spiro atoms. The normalized spacial score (nSPS) is 24.5. The predicted octanol–water partition coefficient (Wildman–Crippen LogP) is 3.04. The van der Waals surface area contributed by atoms with Crippen LogP contribution in [0.3, 0.4) is 0 Å². The van der Waals surface area contributed by atoms with Crippen LogP contribution in [0.5, 0.6) is 0 Å². The van der Waals surface area contributed by atoms with E-state index >= 15 is 0 Å². The number of rotatable bonds is 5. The maximum Gasteiger partial charge on any atom is 0.406 e. The number of aromatic nitrogens is 1. The molecular formula is C19H23F3N4O2. The molecule has 1 aromatic carbocycles. The van der Waals surface area contributed by atoms with Gasteiger partial charge in [-0.05, 0) is 50.9 Å². The van der Waals surface area contributed by atoms with Gasteiger partial charge in [-0.3, -0.25) is 4.79 Å². The van der Waals surface area contributed by atoms with Crippen molar-refractivity contribution in [1.82, 2.24) is 15.2 Å². The van der Waals surface area contributed by atoms with Crippen LogP contribution in [0.1, 0.15) is 30.1 Å². The van der Waals surface area contributed by atoms with E-state index in [2.05, 4.69) is 15.2 Å². The molecule has 3 aliphatic rings. The van der Waals surface area contributed by atoms with Gasteiger partial charge in [0.15, 0.2) is 5.58 Å². The zero-order chi connectivity index (χ0) is 19.9. The van der Waals surface area contributed by atoms with Crippen molar-refractivity contribution in [2.75, 3.05) is 37.6 Å². The minimum atomic E-state index is -4.37. The van der Waals surface area contributed by atoms with Gasteiger partial charge < -0.3 is 19.5 Å². The lowest BCUT2D eigenvalue weighted by Crippen LogP contribution is -2.57. The molecule has 6 nitrogen and oxygen atoms in total. The Morgan fingerprint density at radius 3 is 2.71 bits per heavy atom. The van der Waals surface area contributed by atoms with Gasteiger partial charge in [-0.1, -0.05) is 6.07 Å². The van der Waals surface area contributed by atoms with Gasteiger partial charge in [0.1, 0.15) is 12.1 Å². The second kappa shape index (κ2) is 7.27. The summed E-state index contributed by atoms with van der Waals surface area (Å²) in [6.07, 6.45) is -2.22. The zero-order valence-corrected chi connectivity index (χ0v) is 15.6. The van der Waals surface area contributed by atoms with Crippen LogP contribution >= 0.6 is 0 Å². The first-order valence-electron chi connectivity index (χ1n) is 9.58. The van der Waals surface area contributed by atoms with E-state index in [1.165, 1.54) is 0 Å². The summed E-state index contributed by atoms with van der Waals surface area (Å²) < 4.78 is 43.9. The van der Waals surface area contributed by atoms with Crippen molar-refractivity contribution in [3.8, 4) is 0 Å². The summed E-state index contributed by atoms with van der Waals surface area (Å²) in [5.74, 6) is 0.214. The Balaban J connectivity index is 1.57. The molecule has 28 heavy (non-hydrogen) atoms. The number of benzene rings is 1. The lowest BCUT2D eigenvalue weighted by molar-refractivity contribution is -0.120. The van der Waals surface area contributed by atoms with Gasteiger partial charge in [0.25, 0.3) is 11.9 Å². The van der Waals surface area contributed by atoms with E-state index in [4.69, 9.17) is 4.42 Å². The van der Waals surface area contributed by atoms with Crippen LogP contribution in [0.4, 0.5) is 19.2 Å². The Morgan fingerprint density at radius 1 is 1.36 bits per heavy atom. The second-order valence-electron chi connectivity index (χ2n) is 7.50. The number of alkyl halides is 3. The molecule has 9 heteroatoms. The van der Waals surface area contributed by atoms with E-state index < -0.39 is 12.7 Å². The van der Waals surface area contributed by atoms with Crippen molar-refractivity contribution in [3.63, 3.8) is 0 Å². The number of hydrogen-bond acceptors (Lipinski definition) is 5. The highest BCUT2D eigenvalue weighted by Crippen LogP contribution is 2.29. The van der Waals surface area contributed by atoms with Crippen molar-refractivity contribution in [3.05, 3.63) is 23.8 Å². The number of para-hydroxylation sites is 1. The molecule has 5 rings (SSSR count). The smallest absolute Gasteiger partial charge is 0.406 e. The third-order valence-corrected chi connectivity index (χ3v) is 5.65. The summed E-state index contributed by atoms with van der Waals surface area (Å²) >= 11 is 0. The van der Waals surface area contributed by atoms with E-state index in [0.29, 0.717) is 17.1 Å². The fraction of sp³-hybridized carbons (Fsp3) is 0.579. The standard InChI is InChI=1S/C19H23F3N4O2/c1-2-26(11-19(20,21)22)18-24-16-13(4-3-5-15(16)28-18)17(27)23-14-10-25-8-6-12(14)7-9-25/h3-5,12,14H,2,6-11H2,1H3,(H,23,27)/t14-/m1/s1. The number of carbonyl (C=O) groups excluding carboxylic acids is 1. The lowest BCUT2D eigenvalue weighted by atomic mass is 9.84. The van der Waals surface area contributed by atoms with Crippen LogP contribution in [-0.4, -0.2) is 60.7 Å². The molecule has 3 fully saturated rings. The van der Waals surface area contributed by atoms with E-state index in [0.717, 1.165) is 37.4 Å². The Morgan fingerprint density at radius 2 is 2.11 bits per heavy atom. The molecule has 2 aromatic rings. The lowest BCUT2D eigenvalue weighted by Gasteiger charge is -2.44. The van der Waals surface area contributed by atoms with Gasteiger partial charge >= 0.3 is 6.18 Å². The molecule has 0 saturated carbocycles. The molecule has 0 unspecified atom stereocenters. The maximum atomic E-state index is 12.9. The van der Waals surface area contributed by atoms with E-state index in [-0.39, 0.29) is 30.0 Å². The highest BCUT2D eigenvalue weighted by molar-refractivity contribution is 6.04. The molecule has 0 aliphatic carbocycles. The fourth-order valence-electron chi connectivity index (χ4n) is 4.16. The molecule has 1 aromatic heterocycles. The molecule has 1 N–H and O–H groups in total. The molecule has 4 heterocycles. The molecule has 152 valence electrons.